The van der Waals surface area contributed by atoms with Crippen LogP contribution in [-0.2, 0) is 10.0 Å². The topological polar surface area (TPSA) is 108 Å². The number of aliphatic hydroxyl groups is 1. The molecule has 1 atom stereocenters. The van der Waals surface area contributed by atoms with Gasteiger partial charge >= 0.3 is 0 Å². The lowest BCUT2D eigenvalue weighted by molar-refractivity contribution is 0.198. The number of H-pyrrole nitrogens is 1. The van der Waals surface area contributed by atoms with Gasteiger partial charge in [-0.1, -0.05) is 0 Å². The lowest BCUT2D eigenvalue weighted by atomic mass is 10.1. The number of aromatic amines is 1. The van der Waals surface area contributed by atoms with Gasteiger partial charge in [0, 0.05) is 35.6 Å². The van der Waals surface area contributed by atoms with E-state index in [1.165, 1.54) is 31.5 Å². The molecule has 7 nitrogen and oxygen atoms in total. The molecule has 0 saturated heterocycles. The lowest BCUT2D eigenvalue weighted by Crippen LogP contribution is -2.31. The molecule has 0 spiro atoms. The second-order valence-corrected chi connectivity index (χ2v) is 8.42. The quantitative estimate of drug-likeness (QED) is 0.614. The average molecular weight is 372 g/mol. The number of nitrogens with zero attached hydrogens (tertiary/aromatic N) is 2. The highest BCUT2D eigenvalue weighted by atomic mass is 32.2. The first-order valence-electron chi connectivity index (χ1n) is 8.56. The van der Waals surface area contributed by atoms with E-state index in [2.05, 4.69) is 25.7 Å². The van der Waals surface area contributed by atoms with Gasteiger partial charge in [-0.3, -0.25) is 0 Å². The summed E-state index contributed by atoms with van der Waals surface area (Å²) in [5.74, 6) is 0.600. The number of aromatic nitrogens is 3. The molecule has 136 valence electrons. The summed E-state index contributed by atoms with van der Waals surface area (Å²) in [6.07, 6.45) is 4.93. The Hall–Kier alpha value is -2.29. The van der Waals surface area contributed by atoms with Crippen molar-refractivity contribution in [3.05, 3.63) is 42.4 Å². The molecule has 0 radical (unpaired) electrons. The highest BCUT2D eigenvalue weighted by molar-refractivity contribution is 7.89. The molecule has 4 rings (SSSR count). The van der Waals surface area contributed by atoms with Gasteiger partial charge in [0.15, 0.2) is 5.03 Å². The number of sulfonamides is 1. The van der Waals surface area contributed by atoms with E-state index in [1.807, 2.05) is 6.07 Å². The average Bonchev–Trinajstić information content (AvgIpc) is 3.38. The van der Waals surface area contributed by atoms with Gasteiger partial charge in [-0.15, -0.1) is 0 Å². The molecule has 3 aromatic heterocycles. The first-order valence-corrected chi connectivity index (χ1v) is 10.0. The van der Waals surface area contributed by atoms with Crippen molar-refractivity contribution >= 4 is 21.1 Å². The molecule has 3 heterocycles. The largest absolute Gasteiger partial charge is 0.392 e. The molecule has 0 aliphatic heterocycles. The number of rotatable bonds is 6. The lowest BCUT2D eigenvalue weighted by Gasteiger charge is -2.08. The number of hydrogen-bond acceptors (Lipinski definition) is 5. The zero-order chi connectivity index (χ0) is 18.3. The van der Waals surface area contributed by atoms with E-state index >= 15 is 0 Å². The van der Waals surface area contributed by atoms with E-state index in [0.717, 1.165) is 22.2 Å². The molecule has 0 bridgehead atoms. The van der Waals surface area contributed by atoms with E-state index in [-0.39, 0.29) is 11.6 Å². The zero-order valence-electron chi connectivity index (χ0n) is 14.3. The van der Waals surface area contributed by atoms with Gasteiger partial charge < -0.3 is 10.1 Å². The van der Waals surface area contributed by atoms with Gasteiger partial charge in [-0.25, -0.2) is 23.1 Å². The van der Waals surface area contributed by atoms with E-state index < -0.39 is 16.1 Å². The van der Waals surface area contributed by atoms with Crippen LogP contribution in [0.5, 0.6) is 0 Å². The Morgan fingerprint density at radius 2 is 2.12 bits per heavy atom. The maximum Gasteiger partial charge on any atom is 0.258 e. The molecule has 3 aromatic rings. The third-order valence-corrected chi connectivity index (χ3v) is 5.80. The summed E-state index contributed by atoms with van der Waals surface area (Å²) >= 11 is 0. The third kappa shape index (κ3) is 3.35. The van der Waals surface area contributed by atoms with Crippen LogP contribution in [-0.4, -0.2) is 41.1 Å². The molecule has 0 aromatic carbocycles. The van der Waals surface area contributed by atoms with Crippen LogP contribution >= 0.6 is 0 Å². The first kappa shape index (κ1) is 17.1. The normalized spacial score (nSPS) is 16.1. The summed E-state index contributed by atoms with van der Waals surface area (Å²) in [4.78, 5) is 11.9. The fourth-order valence-electron chi connectivity index (χ4n) is 2.92. The highest BCUT2D eigenvalue weighted by Crippen LogP contribution is 2.41. The highest BCUT2D eigenvalue weighted by Gasteiger charge is 2.26. The Balaban J connectivity index is 1.66. The maximum absolute atomic E-state index is 12.2. The van der Waals surface area contributed by atoms with Crippen molar-refractivity contribution in [1.29, 1.82) is 0 Å². The summed E-state index contributed by atoms with van der Waals surface area (Å²) in [7, 11) is -3.74. The fraction of sp³-hybridized carbons (Fsp3) is 0.333. The second-order valence-electron chi connectivity index (χ2n) is 6.71. The Kier molecular flexibility index (Phi) is 4.26. The van der Waals surface area contributed by atoms with Gasteiger partial charge in [0.1, 0.15) is 5.65 Å². The van der Waals surface area contributed by atoms with Crippen molar-refractivity contribution in [3.63, 3.8) is 0 Å². The summed E-state index contributed by atoms with van der Waals surface area (Å²) in [6, 6.07) is 7.25. The van der Waals surface area contributed by atoms with Crippen LogP contribution in [0.25, 0.3) is 22.2 Å². The predicted octanol–water partition coefficient (Wildman–Crippen LogP) is 2.16. The minimum Gasteiger partial charge on any atom is -0.392 e. The fourth-order valence-corrected chi connectivity index (χ4v) is 3.96. The Bertz CT molecular complexity index is 1040. The van der Waals surface area contributed by atoms with Gasteiger partial charge in [-0.2, -0.15) is 0 Å². The van der Waals surface area contributed by atoms with Crippen LogP contribution in [0.4, 0.5) is 0 Å². The van der Waals surface area contributed by atoms with Crippen LogP contribution in [0, 0.1) is 0 Å². The molecule has 1 aliphatic rings. The van der Waals surface area contributed by atoms with Crippen molar-refractivity contribution in [2.45, 2.75) is 36.8 Å². The van der Waals surface area contributed by atoms with Crippen LogP contribution in [0.15, 0.2) is 41.7 Å². The summed E-state index contributed by atoms with van der Waals surface area (Å²) in [5, 5.41) is 10.2. The van der Waals surface area contributed by atoms with Crippen molar-refractivity contribution in [3.8, 4) is 11.1 Å². The van der Waals surface area contributed by atoms with Gasteiger partial charge in [0.05, 0.1) is 6.10 Å². The van der Waals surface area contributed by atoms with Gasteiger partial charge in [0.25, 0.3) is 10.0 Å². The molecule has 1 unspecified atom stereocenters. The van der Waals surface area contributed by atoms with Crippen LogP contribution in [0.3, 0.4) is 0 Å². The van der Waals surface area contributed by atoms with Crippen molar-refractivity contribution in [2.24, 2.45) is 0 Å². The van der Waals surface area contributed by atoms with E-state index in [1.54, 1.807) is 18.5 Å². The SMILES string of the molecule is CC(O)CNS(=O)(=O)c1ccc(-c2ccnc3[nH]c(C4CC4)cc23)cn1. The van der Waals surface area contributed by atoms with Crippen molar-refractivity contribution < 1.29 is 13.5 Å². The number of fused-ring (bicyclic) bond motifs is 1. The smallest absolute Gasteiger partial charge is 0.258 e. The Labute approximate surface area is 151 Å². The minimum absolute atomic E-state index is 0.0516. The van der Waals surface area contributed by atoms with Crippen LogP contribution in [0.2, 0.25) is 0 Å². The van der Waals surface area contributed by atoms with Gasteiger partial charge in [-0.05, 0) is 55.5 Å². The molecular formula is C18H20N4O3S. The second kappa shape index (κ2) is 6.46. The summed E-state index contributed by atoms with van der Waals surface area (Å²) in [5.41, 5.74) is 3.83. The first-order chi connectivity index (χ1) is 12.4. The maximum atomic E-state index is 12.2. The van der Waals surface area contributed by atoms with Crippen molar-refractivity contribution in [1.82, 2.24) is 19.7 Å². The van der Waals surface area contributed by atoms with Crippen molar-refractivity contribution in [2.75, 3.05) is 6.54 Å². The zero-order valence-corrected chi connectivity index (χ0v) is 15.1. The molecule has 26 heavy (non-hydrogen) atoms. The van der Waals surface area contributed by atoms with E-state index in [4.69, 9.17) is 0 Å². The van der Waals surface area contributed by atoms with Crippen LogP contribution in [0.1, 0.15) is 31.4 Å². The number of nitrogens with one attached hydrogen (secondary N) is 2. The standard InChI is InChI=1S/C18H20N4O3S/c1-11(23)9-21-26(24,25)17-5-4-13(10-20-17)14-6-7-19-18-15(14)8-16(22-18)12-2-3-12/h4-8,10-12,21,23H,2-3,9H2,1H3,(H,19,22). The molecule has 1 aliphatic carbocycles. The number of aliphatic hydroxyl groups excluding tert-OH is 1. The molecule has 8 heteroatoms. The summed E-state index contributed by atoms with van der Waals surface area (Å²) < 4.78 is 26.7. The van der Waals surface area contributed by atoms with E-state index in [0.29, 0.717) is 5.92 Å². The van der Waals surface area contributed by atoms with Crippen LogP contribution < -0.4 is 4.72 Å². The molecule has 1 fully saturated rings. The molecule has 0 amide bonds. The number of hydrogen-bond donors (Lipinski definition) is 3. The predicted molar refractivity (Wildman–Crippen MR) is 98.2 cm³/mol. The molecular weight excluding hydrogens is 352 g/mol. The monoisotopic (exact) mass is 372 g/mol. The Morgan fingerprint density at radius 3 is 2.77 bits per heavy atom. The minimum atomic E-state index is -3.74. The third-order valence-electron chi connectivity index (χ3n) is 4.46. The summed E-state index contributed by atoms with van der Waals surface area (Å²) in [6.45, 7) is 1.46. The van der Waals surface area contributed by atoms with E-state index in [9.17, 15) is 13.5 Å². The number of pyridine rings is 2. The van der Waals surface area contributed by atoms with Gasteiger partial charge in [0.2, 0.25) is 0 Å². The molecule has 1 saturated carbocycles. The molecule has 3 N–H and O–H groups in total. The Morgan fingerprint density at radius 1 is 1.31 bits per heavy atom.